The zero-order chi connectivity index (χ0) is 10.5. The van der Waals surface area contributed by atoms with Gasteiger partial charge in [0, 0.05) is 0 Å². The van der Waals surface area contributed by atoms with Crippen molar-refractivity contribution >= 4 is 24.8 Å². The summed E-state index contributed by atoms with van der Waals surface area (Å²) in [5.41, 5.74) is 10.9. The van der Waals surface area contributed by atoms with Crippen molar-refractivity contribution in [2.45, 2.75) is 64.2 Å². The van der Waals surface area contributed by atoms with E-state index in [0.717, 1.165) is 13.1 Å². The first-order valence-corrected chi connectivity index (χ1v) is 6.32. The minimum atomic E-state index is 0. The van der Waals surface area contributed by atoms with Crippen LogP contribution in [0.1, 0.15) is 64.2 Å². The predicted molar refractivity (Wildman–Crippen MR) is 82.4 cm³/mol. The predicted octanol–water partition coefficient (Wildman–Crippen LogP) is 2.82. The molecule has 0 spiro atoms. The zero-order valence-electron chi connectivity index (χ0n) is 11.0. The number of hydrogen-bond acceptors (Lipinski definition) is 2. The van der Waals surface area contributed by atoms with Crippen molar-refractivity contribution in [3.63, 3.8) is 0 Å². The van der Waals surface area contributed by atoms with Gasteiger partial charge in [0.15, 0.2) is 0 Å². The fourth-order valence-electron chi connectivity index (χ4n) is 1.70. The second kappa shape index (κ2) is 25.3. The third-order valence-corrected chi connectivity index (χ3v) is 2.66. The van der Waals surface area contributed by atoms with Crippen LogP contribution in [0.5, 0.6) is 0 Å². The van der Waals surface area contributed by atoms with Crippen molar-refractivity contribution < 1.29 is 5.48 Å². The van der Waals surface area contributed by atoms with E-state index in [1.165, 1.54) is 64.2 Å². The zero-order valence-corrected chi connectivity index (χ0v) is 12.6. The first-order valence-electron chi connectivity index (χ1n) is 6.32. The molecular formula is C12H32Cl2N2O. The Labute approximate surface area is 119 Å². The van der Waals surface area contributed by atoms with Gasteiger partial charge < -0.3 is 16.9 Å². The molecule has 6 N–H and O–H groups in total. The van der Waals surface area contributed by atoms with Crippen LogP contribution in [0.2, 0.25) is 0 Å². The Morgan fingerprint density at radius 2 is 0.588 bits per heavy atom. The average molecular weight is 291 g/mol. The fourth-order valence-corrected chi connectivity index (χ4v) is 1.70. The highest BCUT2D eigenvalue weighted by atomic mass is 35.5. The molecule has 0 rings (SSSR count). The Morgan fingerprint density at radius 3 is 0.765 bits per heavy atom. The Hall–Kier alpha value is 0.460. The van der Waals surface area contributed by atoms with Gasteiger partial charge in [0.2, 0.25) is 0 Å². The molecule has 0 fully saturated rings. The molecule has 0 aromatic carbocycles. The maximum atomic E-state index is 5.43. The molecule has 0 aromatic heterocycles. The molecule has 0 saturated carbocycles. The molecule has 0 bridgehead atoms. The van der Waals surface area contributed by atoms with E-state index in [9.17, 15) is 0 Å². The van der Waals surface area contributed by atoms with E-state index in [2.05, 4.69) is 0 Å². The summed E-state index contributed by atoms with van der Waals surface area (Å²) < 4.78 is 0. The topological polar surface area (TPSA) is 83.5 Å². The second-order valence-electron chi connectivity index (χ2n) is 4.11. The highest BCUT2D eigenvalue weighted by Gasteiger charge is 1.91. The summed E-state index contributed by atoms with van der Waals surface area (Å²) in [7, 11) is 0. The molecular weight excluding hydrogens is 259 g/mol. The van der Waals surface area contributed by atoms with Crippen LogP contribution in [-0.2, 0) is 0 Å². The second-order valence-corrected chi connectivity index (χ2v) is 4.11. The quantitative estimate of drug-likeness (QED) is 0.574. The number of rotatable bonds is 11. The van der Waals surface area contributed by atoms with Crippen molar-refractivity contribution in [3.8, 4) is 0 Å². The largest absolute Gasteiger partial charge is 0.412 e. The average Bonchev–Trinajstić information content (AvgIpc) is 2.21. The third-order valence-electron chi connectivity index (χ3n) is 2.66. The van der Waals surface area contributed by atoms with E-state index in [-0.39, 0.29) is 30.3 Å². The summed E-state index contributed by atoms with van der Waals surface area (Å²) in [5.74, 6) is 0. The standard InChI is InChI=1S/C12H28N2.2ClH.H2O/c13-11-9-7-5-3-1-2-4-6-8-10-12-14;;;/h1-14H2;2*1H;1H2. The van der Waals surface area contributed by atoms with Crippen molar-refractivity contribution in [2.24, 2.45) is 11.5 Å². The van der Waals surface area contributed by atoms with Gasteiger partial charge in [-0.15, -0.1) is 24.8 Å². The van der Waals surface area contributed by atoms with E-state index in [4.69, 9.17) is 11.5 Å². The lowest BCUT2D eigenvalue weighted by molar-refractivity contribution is 0.554. The van der Waals surface area contributed by atoms with Crippen molar-refractivity contribution in [2.75, 3.05) is 13.1 Å². The van der Waals surface area contributed by atoms with Crippen LogP contribution < -0.4 is 11.5 Å². The molecule has 17 heavy (non-hydrogen) atoms. The molecule has 0 saturated heterocycles. The van der Waals surface area contributed by atoms with Crippen molar-refractivity contribution in [1.29, 1.82) is 0 Å². The SMILES string of the molecule is Cl.Cl.NCCCCCCCCCCCCN.O. The maximum Gasteiger partial charge on any atom is -0.00773 e. The maximum absolute atomic E-state index is 5.43. The van der Waals surface area contributed by atoms with Crippen LogP contribution in [0.15, 0.2) is 0 Å². The van der Waals surface area contributed by atoms with Gasteiger partial charge in [-0.1, -0.05) is 51.4 Å². The van der Waals surface area contributed by atoms with Crippen molar-refractivity contribution in [3.05, 3.63) is 0 Å². The highest BCUT2D eigenvalue weighted by molar-refractivity contribution is 5.85. The van der Waals surface area contributed by atoms with E-state index in [0.29, 0.717) is 0 Å². The monoisotopic (exact) mass is 290 g/mol. The van der Waals surface area contributed by atoms with Crippen LogP contribution in [-0.4, -0.2) is 18.6 Å². The van der Waals surface area contributed by atoms with Gasteiger partial charge in [0.05, 0.1) is 0 Å². The number of nitrogens with two attached hydrogens (primary N) is 2. The van der Waals surface area contributed by atoms with Crippen LogP contribution in [0.3, 0.4) is 0 Å². The van der Waals surface area contributed by atoms with Gasteiger partial charge in [-0.2, -0.15) is 0 Å². The van der Waals surface area contributed by atoms with Crippen LogP contribution in [0, 0.1) is 0 Å². The van der Waals surface area contributed by atoms with E-state index in [1.54, 1.807) is 0 Å². The lowest BCUT2D eigenvalue weighted by atomic mass is 10.1. The Balaban J connectivity index is -0.000000282. The van der Waals surface area contributed by atoms with Gasteiger partial charge in [0.1, 0.15) is 0 Å². The minimum absolute atomic E-state index is 0. The number of halogens is 2. The smallest absolute Gasteiger partial charge is 0.00773 e. The number of hydrogen-bond donors (Lipinski definition) is 2. The molecule has 0 aliphatic rings. The van der Waals surface area contributed by atoms with E-state index in [1.807, 2.05) is 0 Å². The van der Waals surface area contributed by atoms with Gasteiger partial charge >= 0.3 is 0 Å². The van der Waals surface area contributed by atoms with Gasteiger partial charge in [0.25, 0.3) is 0 Å². The summed E-state index contributed by atoms with van der Waals surface area (Å²) in [6.07, 6.45) is 13.4. The molecule has 5 heteroatoms. The van der Waals surface area contributed by atoms with Crippen LogP contribution in [0.25, 0.3) is 0 Å². The Kier molecular flexibility index (Phi) is 38.9. The molecule has 0 atom stereocenters. The van der Waals surface area contributed by atoms with Crippen LogP contribution in [0.4, 0.5) is 0 Å². The normalized spacial score (nSPS) is 8.82. The number of unbranched alkanes of at least 4 members (excludes halogenated alkanes) is 9. The highest BCUT2D eigenvalue weighted by Crippen LogP contribution is 2.09. The first-order chi connectivity index (χ1) is 6.91. The molecule has 3 nitrogen and oxygen atoms in total. The Bertz CT molecular complexity index is 96.5. The van der Waals surface area contributed by atoms with E-state index < -0.39 is 0 Å². The summed E-state index contributed by atoms with van der Waals surface area (Å²) in [6, 6.07) is 0. The lowest BCUT2D eigenvalue weighted by Gasteiger charge is -2.01. The van der Waals surface area contributed by atoms with Crippen LogP contribution >= 0.6 is 24.8 Å². The summed E-state index contributed by atoms with van der Waals surface area (Å²) in [5, 5.41) is 0. The molecule has 0 unspecified atom stereocenters. The molecule has 0 aliphatic carbocycles. The molecule has 0 aliphatic heterocycles. The molecule has 110 valence electrons. The van der Waals surface area contributed by atoms with E-state index >= 15 is 0 Å². The Morgan fingerprint density at radius 1 is 0.412 bits per heavy atom. The van der Waals surface area contributed by atoms with Crippen molar-refractivity contribution in [1.82, 2.24) is 0 Å². The van der Waals surface area contributed by atoms with Gasteiger partial charge in [-0.25, -0.2) is 0 Å². The molecule has 0 aromatic rings. The molecule has 0 heterocycles. The minimum Gasteiger partial charge on any atom is -0.412 e. The summed E-state index contributed by atoms with van der Waals surface area (Å²) in [6.45, 7) is 1.72. The lowest BCUT2D eigenvalue weighted by Crippen LogP contribution is -1.97. The molecule has 0 radical (unpaired) electrons. The van der Waals surface area contributed by atoms with Gasteiger partial charge in [-0.05, 0) is 25.9 Å². The summed E-state index contributed by atoms with van der Waals surface area (Å²) in [4.78, 5) is 0. The van der Waals surface area contributed by atoms with Gasteiger partial charge in [-0.3, -0.25) is 0 Å². The first kappa shape index (κ1) is 26.1. The fraction of sp³-hybridized carbons (Fsp3) is 1.00. The summed E-state index contributed by atoms with van der Waals surface area (Å²) >= 11 is 0. The third kappa shape index (κ3) is 26.2. The molecule has 0 amide bonds.